The van der Waals surface area contributed by atoms with Gasteiger partial charge in [-0.3, -0.25) is 4.79 Å². The molecule has 1 rings (SSSR count). The van der Waals surface area contributed by atoms with Crippen molar-refractivity contribution in [3.05, 3.63) is 0 Å². The van der Waals surface area contributed by atoms with Crippen LogP contribution in [0.5, 0.6) is 0 Å². The van der Waals surface area contributed by atoms with E-state index in [9.17, 15) is 4.79 Å². The van der Waals surface area contributed by atoms with Crippen LogP contribution >= 0.6 is 11.8 Å². The molecule has 2 N–H and O–H groups in total. The highest BCUT2D eigenvalue weighted by molar-refractivity contribution is 7.99. The molecule has 1 atom stereocenters. The van der Waals surface area contributed by atoms with E-state index >= 15 is 0 Å². The summed E-state index contributed by atoms with van der Waals surface area (Å²) in [5.74, 6) is 4.77. The summed E-state index contributed by atoms with van der Waals surface area (Å²) >= 11 is 1.90. The number of carbonyl (C=O) groups excluding carboxylic acids is 1. The topological polar surface area (TPSA) is 41.1 Å². The van der Waals surface area contributed by atoms with Crippen molar-refractivity contribution in [1.29, 1.82) is 0 Å². The lowest BCUT2D eigenvalue weighted by Gasteiger charge is -2.22. The molecule has 1 heterocycles. The van der Waals surface area contributed by atoms with Gasteiger partial charge in [0, 0.05) is 43.5 Å². The molecule has 0 aromatic rings. The molecule has 0 radical (unpaired) electrons. The van der Waals surface area contributed by atoms with Gasteiger partial charge in [0.15, 0.2) is 0 Å². The van der Waals surface area contributed by atoms with Crippen molar-refractivity contribution in [2.75, 3.05) is 24.6 Å². The molecule has 0 spiro atoms. The third kappa shape index (κ3) is 4.54. The van der Waals surface area contributed by atoms with Gasteiger partial charge in [-0.05, 0) is 0 Å². The lowest BCUT2D eigenvalue weighted by atomic mass is 10.2. The van der Waals surface area contributed by atoms with E-state index in [-0.39, 0.29) is 5.91 Å². The molecule has 0 aliphatic carbocycles. The lowest BCUT2D eigenvalue weighted by molar-refractivity contribution is -0.121. The van der Waals surface area contributed by atoms with E-state index < -0.39 is 0 Å². The first-order chi connectivity index (χ1) is 6.83. The predicted octanol–water partition coefficient (Wildman–Crippen LogP) is 0.221. The molecule has 1 fully saturated rings. The van der Waals surface area contributed by atoms with E-state index in [1.807, 2.05) is 11.8 Å². The summed E-state index contributed by atoms with van der Waals surface area (Å²) in [6, 6.07) is 0.333. The smallest absolute Gasteiger partial charge is 0.221 e. The molecule has 0 bridgehead atoms. The lowest BCUT2D eigenvalue weighted by Crippen LogP contribution is -2.41. The highest BCUT2D eigenvalue weighted by Gasteiger charge is 2.15. The average molecular weight is 212 g/mol. The van der Waals surface area contributed by atoms with Gasteiger partial charge in [0.2, 0.25) is 5.91 Å². The van der Waals surface area contributed by atoms with Gasteiger partial charge in [0.25, 0.3) is 0 Å². The van der Waals surface area contributed by atoms with Crippen LogP contribution in [0.1, 0.15) is 12.8 Å². The Labute approximate surface area is 89.4 Å². The molecule has 1 aliphatic rings. The van der Waals surface area contributed by atoms with Gasteiger partial charge in [0.05, 0.1) is 0 Å². The number of rotatable bonds is 4. The number of terminal acetylenes is 1. The molecule has 4 heteroatoms. The normalized spacial score (nSPS) is 21.2. The summed E-state index contributed by atoms with van der Waals surface area (Å²) in [6.07, 6.45) is 6.26. The van der Waals surface area contributed by atoms with E-state index in [2.05, 4.69) is 16.6 Å². The van der Waals surface area contributed by atoms with Crippen molar-refractivity contribution < 1.29 is 4.79 Å². The summed E-state index contributed by atoms with van der Waals surface area (Å²) in [5, 5.41) is 6.12. The molecule has 1 aliphatic heterocycles. The fourth-order valence-corrected chi connectivity index (χ4v) is 2.27. The fraction of sp³-hybridized carbons (Fsp3) is 0.700. The van der Waals surface area contributed by atoms with Crippen LogP contribution in [0.2, 0.25) is 0 Å². The van der Waals surface area contributed by atoms with Crippen molar-refractivity contribution in [2.45, 2.75) is 18.9 Å². The molecule has 0 aromatic heterocycles. The molecule has 0 aromatic carbocycles. The summed E-state index contributed by atoms with van der Waals surface area (Å²) in [6.45, 7) is 1.60. The van der Waals surface area contributed by atoms with Crippen molar-refractivity contribution in [3.63, 3.8) is 0 Å². The summed E-state index contributed by atoms with van der Waals surface area (Å²) in [4.78, 5) is 11.4. The second-order valence-electron chi connectivity index (χ2n) is 3.23. The monoisotopic (exact) mass is 212 g/mol. The van der Waals surface area contributed by atoms with Crippen molar-refractivity contribution in [1.82, 2.24) is 10.6 Å². The van der Waals surface area contributed by atoms with E-state index in [0.717, 1.165) is 18.1 Å². The first-order valence-electron chi connectivity index (χ1n) is 4.84. The van der Waals surface area contributed by atoms with Crippen LogP contribution in [0.15, 0.2) is 0 Å². The Bertz CT molecular complexity index is 219. The maximum atomic E-state index is 11.4. The Morgan fingerprint density at radius 3 is 3.21 bits per heavy atom. The Balaban J connectivity index is 2.10. The number of nitrogens with one attached hydrogen (secondary N) is 2. The van der Waals surface area contributed by atoms with Gasteiger partial charge in [-0.25, -0.2) is 0 Å². The van der Waals surface area contributed by atoms with Crippen molar-refractivity contribution >= 4 is 17.7 Å². The van der Waals surface area contributed by atoms with Crippen molar-refractivity contribution in [3.8, 4) is 12.3 Å². The minimum atomic E-state index is 0.0975. The van der Waals surface area contributed by atoms with Crippen LogP contribution in [0.4, 0.5) is 0 Å². The quantitative estimate of drug-likeness (QED) is 0.517. The third-order valence-corrected chi connectivity index (χ3v) is 3.15. The SMILES string of the molecule is C#CCCNC(=O)CC1CSCCN1. The van der Waals surface area contributed by atoms with Gasteiger partial charge < -0.3 is 10.6 Å². The second-order valence-corrected chi connectivity index (χ2v) is 4.38. The fourth-order valence-electron chi connectivity index (χ4n) is 1.32. The minimum absolute atomic E-state index is 0.0975. The molecule has 3 nitrogen and oxygen atoms in total. The van der Waals surface area contributed by atoms with Gasteiger partial charge in [-0.15, -0.1) is 12.3 Å². The summed E-state index contributed by atoms with van der Waals surface area (Å²) in [5.41, 5.74) is 0. The second kappa shape index (κ2) is 6.74. The standard InChI is InChI=1S/C10H16N2OS/c1-2-3-4-12-10(13)7-9-8-14-6-5-11-9/h1,9,11H,3-8H2,(H,12,13). The number of thioether (sulfide) groups is 1. The molecular formula is C10H16N2OS. The zero-order chi connectivity index (χ0) is 10.2. The van der Waals surface area contributed by atoms with Gasteiger partial charge >= 0.3 is 0 Å². The Morgan fingerprint density at radius 2 is 2.57 bits per heavy atom. The molecular weight excluding hydrogens is 196 g/mol. The Morgan fingerprint density at radius 1 is 1.71 bits per heavy atom. The van der Waals surface area contributed by atoms with Gasteiger partial charge in [-0.2, -0.15) is 11.8 Å². The molecule has 1 amide bonds. The Kier molecular flexibility index (Phi) is 5.50. The summed E-state index contributed by atoms with van der Waals surface area (Å²) in [7, 11) is 0. The third-order valence-electron chi connectivity index (χ3n) is 2.02. The van der Waals surface area contributed by atoms with E-state index in [1.54, 1.807) is 0 Å². The largest absolute Gasteiger partial charge is 0.355 e. The molecule has 78 valence electrons. The average Bonchev–Trinajstić information content (AvgIpc) is 2.20. The number of amides is 1. The molecule has 1 saturated heterocycles. The number of hydrogen-bond donors (Lipinski definition) is 2. The number of hydrogen-bond acceptors (Lipinski definition) is 3. The van der Waals surface area contributed by atoms with Gasteiger partial charge in [-0.1, -0.05) is 0 Å². The molecule has 0 saturated carbocycles. The molecule has 1 unspecified atom stereocenters. The van der Waals surface area contributed by atoms with Crippen LogP contribution < -0.4 is 10.6 Å². The predicted molar refractivity (Wildman–Crippen MR) is 60.2 cm³/mol. The maximum Gasteiger partial charge on any atom is 0.221 e. The van der Waals surface area contributed by atoms with E-state index in [0.29, 0.717) is 25.4 Å². The number of carbonyl (C=O) groups is 1. The molecule has 14 heavy (non-hydrogen) atoms. The highest BCUT2D eigenvalue weighted by atomic mass is 32.2. The zero-order valence-corrected chi connectivity index (χ0v) is 9.03. The van der Waals surface area contributed by atoms with E-state index in [4.69, 9.17) is 6.42 Å². The highest BCUT2D eigenvalue weighted by Crippen LogP contribution is 2.09. The van der Waals surface area contributed by atoms with Crippen LogP contribution in [-0.2, 0) is 4.79 Å². The zero-order valence-electron chi connectivity index (χ0n) is 8.21. The van der Waals surface area contributed by atoms with Crippen LogP contribution in [-0.4, -0.2) is 36.5 Å². The van der Waals surface area contributed by atoms with Crippen LogP contribution in [0.3, 0.4) is 0 Å². The van der Waals surface area contributed by atoms with Gasteiger partial charge in [0.1, 0.15) is 0 Å². The van der Waals surface area contributed by atoms with Crippen LogP contribution in [0.25, 0.3) is 0 Å². The van der Waals surface area contributed by atoms with Crippen LogP contribution in [0, 0.1) is 12.3 Å². The summed E-state index contributed by atoms with van der Waals surface area (Å²) < 4.78 is 0. The first kappa shape index (κ1) is 11.4. The Hall–Kier alpha value is -0.660. The van der Waals surface area contributed by atoms with Crippen molar-refractivity contribution in [2.24, 2.45) is 0 Å². The minimum Gasteiger partial charge on any atom is -0.355 e. The first-order valence-corrected chi connectivity index (χ1v) is 5.99. The maximum absolute atomic E-state index is 11.4. The van der Waals surface area contributed by atoms with E-state index in [1.165, 1.54) is 0 Å².